The molecule has 0 aliphatic heterocycles. The van der Waals surface area contributed by atoms with E-state index in [1.807, 2.05) is 19.2 Å². The number of aromatic nitrogens is 6. The molecule has 4 aromatic heterocycles. The predicted octanol–water partition coefficient (Wildman–Crippen LogP) is 3.19. The Labute approximate surface area is 182 Å². The van der Waals surface area contributed by atoms with Crippen LogP contribution in [-0.4, -0.2) is 58.7 Å². The lowest BCUT2D eigenvalue weighted by Gasteiger charge is -2.33. The molecule has 0 radical (unpaired) electrons. The number of halogens is 2. The van der Waals surface area contributed by atoms with Gasteiger partial charge in [-0.25, -0.2) is 23.3 Å². The molecule has 4 heterocycles. The van der Waals surface area contributed by atoms with E-state index in [9.17, 15) is 13.9 Å². The van der Waals surface area contributed by atoms with Gasteiger partial charge in [0.15, 0.2) is 6.61 Å². The van der Waals surface area contributed by atoms with Crippen LogP contribution < -0.4 is 10.1 Å². The van der Waals surface area contributed by atoms with Gasteiger partial charge in [0.2, 0.25) is 17.6 Å². The van der Waals surface area contributed by atoms with Crippen molar-refractivity contribution in [2.24, 2.45) is 0 Å². The van der Waals surface area contributed by atoms with Gasteiger partial charge in [0.25, 0.3) is 6.43 Å². The van der Waals surface area contributed by atoms with E-state index < -0.39 is 18.6 Å². The number of alkyl halides is 2. The normalized spacial score (nSPS) is 21.5. The van der Waals surface area contributed by atoms with Crippen LogP contribution in [0.5, 0.6) is 5.88 Å². The van der Waals surface area contributed by atoms with Gasteiger partial charge < -0.3 is 15.2 Å². The SMILES string of the molecule is CC1(O)CCC(Nc2nc(OCC(F)F)c3c(-c4cnc5nccn5c4)ccn3n2)CC1. The van der Waals surface area contributed by atoms with Crippen LogP contribution in [0.4, 0.5) is 14.7 Å². The second kappa shape index (κ2) is 7.97. The summed E-state index contributed by atoms with van der Waals surface area (Å²) in [6.45, 7) is 1.06. The summed E-state index contributed by atoms with van der Waals surface area (Å²) in [6, 6.07) is 1.90. The highest BCUT2D eigenvalue weighted by atomic mass is 19.3. The van der Waals surface area contributed by atoms with E-state index in [0.29, 0.717) is 35.6 Å². The Balaban J connectivity index is 1.51. The van der Waals surface area contributed by atoms with Crippen LogP contribution in [0.15, 0.2) is 37.1 Å². The maximum atomic E-state index is 12.9. The molecule has 5 rings (SSSR count). The van der Waals surface area contributed by atoms with Gasteiger partial charge in [-0.2, -0.15) is 4.98 Å². The lowest BCUT2D eigenvalue weighted by Crippen LogP contribution is -2.36. The molecule has 1 aliphatic carbocycles. The summed E-state index contributed by atoms with van der Waals surface area (Å²) in [5.74, 6) is 0.913. The van der Waals surface area contributed by atoms with Crippen molar-refractivity contribution in [2.75, 3.05) is 11.9 Å². The second-order valence-corrected chi connectivity index (χ2v) is 8.36. The second-order valence-electron chi connectivity index (χ2n) is 8.36. The predicted molar refractivity (Wildman–Crippen MR) is 113 cm³/mol. The van der Waals surface area contributed by atoms with Crippen molar-refractivity contribution in [2.45, 2.75) is 50.7 Å². The number of nitrogens with zero attached hydrogens (tertiary/aromatic N) is 6. The average Bonchev–Trinajstić information content (AvgIpc) is 3.40. The third-order valence-corrected chi connectivity index (χ3v) is 5.78. The molecule has 1 fully saturated rings. The van der Waals surface area contributed by atoms with E-state index in [0.717, 1.165) is 18.4 Å². The van der Waals surface area contributed by atoms with Crippen molar-refractivity contribution in [3.8, 4) is 17.0 Å². The number of nitrogens with one attached hydrogen (secondary N) is 1. The number of hydrogen-bond donors (Lipinski definition) is 2. The van der Waals surface area contributed by atoms with E-state index in [1.54, 1.807) is 33.7 Å². The minimum Gasteiger partial charge on any atom is -0.470 e. The zero-order valence-corrected chi connectivity index (χ0v) is 17.4. The van der Waals surface area contributed by atoms with Crippen molar-refractivity contribution < 1.29 is 18.6 Å². The molecule has 0 unspecified atom stereocenters. The van der Waals surface area contributed by atoms with E-state index in [1.165, 1.54) is 0 Å². The van der Waals surface area contributed by atoms with Crippen molar-refractivity contribution >= 4 is 17.2 Å². The molecular formula is C21H23F2N7O2. The fraction of sp³-hybridized carbons (Fsp3) is 0.429. The van der Waals surface area contributed by atoms with Crippen molar-refractivity contribution in [3.63, 3.8) is 0 Å². The van der Waals surface area contributed by atoms with Crippen LogP contribution in [0.3, 0.4) is 0 Å². The molecule has 9 nitrogen and oxygen atoms in total. The third kappa shape index (κ3) is 4.07. The molecule has 0 atom stereocenters. The summed E-state index contributed by atoms with van der Waals surface area (Å²) in [5.41, 5.74) is 1.27. The van der Waals surface area contributed by atoms with Gasteiger partial charge >= 0.3 is 0 Å². The van der Waals surface area contributed by atoms with Crippen LogP contribution in [0.1, 0.15) is 32.6 Å². The Morgan fingerprint density at radius 2 is 2.09 bits per heavy atom. The first-order valence-electron chi connectivity index (χ1n) is 10.5. The molecule has 4 aromatic rings. The Morgan fingerprint density at radius 3 is 2.88 bits per heavy atom. The first kappa shape index (κ1) is 20.6. The maximum absolute atomic E-state index is 12.9. The van der Waals surface area contributed by atoms with Gasteiger partial charge in [-0.05, 0) is 38.7 Å². The first-order chi connectivity index (χ1) is 15.4. The Bertz CT molecular complexity index is 1240. The number of imidazole rings is 1. The van der Waals surface area contributed by atoms with Gasteiger partial charge in [0.1, 0.15) is 5.52 Å². The largest absolute Gasteiger partial charge is 0.470 e. The van der Waals surface area contributed by atoms with E-state index >= 15 is 0 Å². The minimum atomic E-state index is -2.63. The van der Waals surface area contributed by atoms with Crippen LogP contribution in [0.2, 0.25) is 0 Å². The highest BCUT2D eigenvalue weighted by molar-refractivity contribution is 5.84. The molecule has 1 aliphatic rings. The van der Waals surface area contributed by atoms with E-state index in [2.05, 4.69) is 25.4 Å². The molecule has 0 amide bonds. The zero-order valence-electron chi connectivity index (χ0n) is 17.4. The van der Waals surface area contributed by atoms with Gasteiger partial charge in [-0.1, -0.05) is 0 Å². The minimum absolute atomic E-state index is 0.0661. The monoisotopic (exact) mass is 443 g/mol. The molecule has 11 heteroatoms. The number of hydrogen-bond acceptors (Lipinski definition) is 7. The molecule has 0 saturated heterocycles. The highest BCUT2D eigenvalue weighted by Gasteiger charge is 2.29. The number of anilines is 1. The third-order valence-electron chi connectivity index (χ3n) is 5.78. The van der Waals surface area contributed by atoms with Gasteiger partial charge in [-0.3, -0.25) is 4.40 Å². The number of ether oxygens (including phenoxy) is 1. The maximum Gasteiger partial charge on any atom is 0.272 e. The Hall–Kier alpha value is -3.34. The first-order valence-corrected chi connectivity index (χ1v) is 10.5. The summed E-state index contributed by atoms with van der Waals surface area (Å²) in [4.78, 5) is 12.9. The molecule has 0 aromatic carbocycles. The summed E-state index contributed by atoms with van der Waals surface area (Å²) in [5, 5.41) is 17.9. The quantitative estimate of drug-likeness (QED) is 0.472. The smallest absolute Gasteiger partial charge is 0.272 e. The average molecular weight is 443 g/mol. The molecule has 0 spiro atoms. The Kier molecular flexibility index (Phi) is 5.12. The zero-order chi connectivity index (χ0) is 22.3. The van der Waals surface area contributed by atoms with Crippen molar-refractivity contribution in [1.29, 1.82) is 0 Å². The van der Waals surface area contributed by atoms with E-state index in [-0.39, 0.29) is 11.9 Å². The van der Waals surface area contributed by atoms with Gasteiger partial charge in [-0.15, -0.1) is 5.10 Å². The summed E-state index contributed by atoms with van der Waals surface area (Å²) < 4.78 is 34.6. The highest BCUT2D eigenvalue weighted by Crippen LogP contribution is 2.33. The topological polar surface area (TPSA) is 102 Å². The molecule has 1 saturated carbocycles. The summed E-state index contributed by atoms with van der Waals surface area (Å²) in [7, 11) is 0. The van der Waals surface area contributed by atoms with Crippen molar-refractivity contribution in [3.05, 3.63) is 37.1 Å². The summed E-state index contributed by atoms with van der Waals surface area (Å²) in [6.07, 6.45) is 8.88. The number of aliphatic hydroxyl groups is 1. The van der Waals surface area contributed by atoms with Crippen LogP contribution in [0.25, 0.3) is 22.4 Å². The summed E-state index contributed by atoms with van der Waals surface area (Å²) >= 11 is 0. The molecule has 0 bridgehead atoms. The van der Waals surface area contributed by atoms with Crippen LogP contribution in [0, 0.1) is 0 Å². The van der Waals surface area contributed by atoms with Gasteiger partial charge in [0.05, 0.1) is 5.60 Å². The lowest BCUT2D eigenvalue weighted by molar-refractivity contribution is 0.0195. The molecule has 32 heavy (non-hydrogen) atoms. The van der Waals surface area contributed by atoms with Crippen LogP contribution in [-0.2, 0) is 0 Å². The standard InChI is InChI=1S/C21H23F2N7O2/c1-21(31)5-2-14(3-6-21)26-19-27-18(32-12-16(22)23)17-15(4-8-30(17)28-19)13-10-25-20-24-7-9-29(20)11-13/h4,7-11,14,16,31H,2-3,5-6,12H2,1H3,(H,26,28). The molecular weight excluding hydrogens is 420 g/mol. The fourth-order valence-electron chi connectivity index (χ4n) is 4.05. The number of rotatable bonds is 6. The Morgan fingerprint density at radius 1 is 1.28 bits per heavy atom. The molecule has 168 valence electrons. The molecule has 2 N–H and O–H groups in total. The van der Waals surface area contributed by atoms with Crippen LogP contribution >= 0.6 is 0 Å². The van der Waals surface area contributed by atoms with Gasteiger partial charge in [0, 0.05) is 48.2 Å². The van der Waals surface area contributed by atoms with E-state index in [4.69, 9.17) is 4.74 Å². The lowest BCUT2D eigenvalue weighted by atomic mass is 9.84. The fourth-order valence-corrected chi connectivity index (χ4v) is 4.05. The van der Waals surface area contributed by atoms with Crippen molar-refractivity contribution in [1.82, 2.24) is 29.0 Å². The number of fused-ring (bicyclic) bond motifs is 2.